The highest BCUT2D eigenvalue weighted by molar-refractivity contribution is 7.91. The molecular weight excluding hydrogens is 366 g/mol. The van der Waals surface area contributed by atoms with E-state index in [-0.39, 0.29) is 41.9 Å². The van der Waals surface area contributed by atoms with E-state index in [1.807, 2.05) is 0 Å². The summed E-state index contributed by atoms with van der Waals surface area (Å²) < 4.78 is 29.0. The fourth-order valence-corrected chi connectivity index (χ4v) is 5.05. The number of rotatable bonds is 6. The van der Waals surface area contributed by atoms with E-state index in [1.165, 1.54) is 13.0 Å². The Hall–Kier alpha value is -1.60. The topological polar surface area (TPSA) is 80.8 Å². The predicted octanol–water partition coefficient (Wildman–Crippen LogP) is 2.10. The Morgan fingerprint density at radius 1 is 1.24 bits per heavy atom. The molecule has 1 aromatic rings. The van der Waals surface area contributed by atoms with Crippen LogP contribution in [0.4, 0.5) is 0 Å². The average Bonchev–Trinajstić information content (AvgIpc) is 3.29. The van der Waals surface area contributed by atoms with Crippen molar-refractivity contribution in [1.82, 2.24) is 4.90 Å². The number of halogens is 1. The second kappa shape index (κ2) is 6.96. The summed E-state index contributed by atoms with van der Waals surface area (Å²) in [5, 5.41) is 0.416. The van der Waals surface area contributed by atoms with Crippen molar-refractivity contribution < 1.29 is 22.7 Å². The standard InChI is InChI=1S/C17H20ClNO5S/c1-11(20)15-8-12(18)2-5-16(15)24-9-17(21)19(13-3-4-13)14-6-7-25(22,23)10-14/h2,5,8,13-14H,3-4,6-7,9-10H2,1H3/t14-/m1/s1. The molecule has 6 nitrogen and oxygen atoms in total. The van der Waals surface area contributed by atoms with E-state index in [2.05, 4.69) is 0 Å². The molecule has 1 aromatic carbocycles. The van der Waals surface area contributed by atoms with Crippen LogP contribution in [0.15, 0.2) is 18.2 Å². The number of ether oxygens (including phenoxy) is 1. The summed E-state index contributed by atoms with van der Waals surface area (Å²) in [6.07, 6.45) is 2.26. The summed E-state index contributed by atoms with van der Waals surface area (Å²) in [6.45, 7) is 1.18. The molecule has 1 aliphatic heterocycles. The van der Waals surface area contributed by atoms with Crippen molar-refractivity contribution in [3.05, 3.63) is 28.8 Å². The minimum Gasteiger partial charge on any atom is -0.483 e. The van der Waals surface area contributed by atoms with Gasteiger partial charge in [-0.15, -0.1) is 0 Å². The lowest BCUT2D eigenvalue weighted by Crippen LogP contribution is -2.45. The van der Waals surface area contributed by atoms with Crippen LogP contribution >= 0.6 is 11.6 Å². The van der Waals surface area contributed by atoms with Gasteiger partial charge in [-0.3, -0.25) is 9.59 Å². The van der Waals surface area contributed by atoms with Crippen LogP contribution in [0.1, 0.15) is 36.5 Å². The minimum atomic E-state index is -3.06. The number of ketones is 1. The van der Waals surface area contributed by atoms with E-state index >= 15 is 0 Å². The number of hydrogen-bond donors (Lipinski definition) is 0. The first kappa shape index (κ1) is 18.2. The summed E-state index contributed by atoms with van der Waals surface area (Å²) in [5.74, 6) is 0.00948. The van der Waals surface area contributed by atoms with Gasteiger partial charge >= 0.3 is 0 Å². The van der Waals surface area contributed by atoms with Crippen LogP contribution in [0.25, 0.3) is 0 Å². The molecule has 136 valence electrons. The Morgan fingerprint density at radius 3 is 2.52 bits per heavy atom. The normalized spacial score (nSPS) is 21.8. The first-order valence-electron chi connectivity index (χ1n) is 8.22. The van der Waals surface area contributed by atoms with Crippen LogP contribution in [0.3, 0.4) is 0 Å². The summed E-state index contributed by atoms with van der Waals surface area (Å²) >= 11 is 5.90. The van der Waals surface area contributed by atoms with E-state index in [4.69, 9.17) is 16.3 Å². The van der Waals surface area contributed by atoms with E-state index in [0.29, 0.717) is 22.8 Å². The van der Waals surface area contributed by atoms with Gasteiger partial charge in [0.25, 0.3) is 5.91 Å². The minimum absolute atomic E-state index is 0.0227. The van der Waals surface area contributed by atoms with Crippen LogP contribution in [0, 0.1) is 0 Å². The largest absolute Gasteiger partial charge is 0.483 e. The summed E-state index contributed by atoms with van der Waals surface area (Å²) in [7, 11) is -3.06. The van der Waals surface area contributed by atoms with E-state index in [0.717, 1.165) is 12.8 Å². The van der Waals surface area contributed by atoms with Gasteiger partial charge in [0.2, 0.25) is 0 Å². The molecule has 1 heterocycles. The molecule has 8 heteroatoms. The first-order valence-corrected chi connectivity index (χ1v) is 10.4. The molecule has 0 radical (unpaired) electrons. The first-order chi connectivity index (χ1) is 11.8. The van der Waals surface area contributed by atoms with Gasteiger partial charge in [0, 0.05) is 17.1 Å². The SMILES string of the molecule is CC(=O)c1cc(Cl)ccc1OCC(=O)N(C1CC1)[C@@H]1CCS(=O)(=O)C1. The highest BCUT2D eigenvalue weighted by Gasteiger charge is 2.42. The number of carbonyl (C=O) groups is 2. The molecule has 1 aliphatic carbocycles. The van der Waals surface area contributed by atoms with Gasteiger partial charge in [0.1, 0.15) is 5.75 Å². The number of Topliss-reactive ketones (excluding diaryl/α,β-unsaturated/α-hetero) is 1. The van der Waals surface area contributed by atoms with Crippen molar-refractivity contribution in [2.45, 2.75) is 38.3 Å². The molecule has 1 amide bonds. The summed E-state index contributed by atoms with van der Waals surface area (Å²) in [5.41, 5.74) is 0.321. The van der Waals surface area contributed by atoms with Crippen molar-refractivity contribution in [2.75, 3.05) is 18.1 Å². The Balaban J connectivity index is 1.70. The highest BCUT2D eigenvalue weighted by Crippen LogP contribution is 2.32. The second-order valence-electron chi connectivity index (χ2n) is 6.57. The summed E-state index contributed by atoms with van der Waals surface area (Å²) in [6, 6.07) is 4.49. The van der Waals surface area contributed by atoms with Gasteiger partial charge in [-0.25, -0.2) is 8.42 Å². The molecule has 3 rings (SSSR count). The smallest absolute Gasteiger partial charge is 0.261 e. The highest BCUT2D eigenvalue weighted by atomic mass is 35.5. The molecule has 0 N–H and O–H groups in total. The summed E-state index contributed by atoms with van der Waals surface area (Å²) in [4.78, 5) is 26.0. The van der Waals surface area contributed by atoms with Gasteiger partial charge in [0.05, 0.1) is 17.1 Å². The predicted molar refractivity (Wildman–Crippen MR) is 93.9 cm³/mol. The molecule has 0 aromatic heterocycles. The Kier molecular flexibility index (Phi) is 5.06. The van der Waals surface area contributed by atoms with Crippen molar-refractivity contribution >= 4 is 33.1 Å². The fraction of sp³-hybridized carbons (Fsp3) is 0.529. The van der Waals surface area contributed by atoms with Gasteiger partial charge in [-0.05, 0) is 44.4 Å². The Labute approximate surface area is 152 Å². The van der Waals surface area contributed by atoms with E-state index in [9.17, 15) is 18.0 Å². The van der Waals surface area contributed by atoms with Gasteiger partial charge in [-0.1, -0.05) is 11.6 Å². The van der Waals surface area contributed by atoms with Crippen molar-refractivity contribution in [3.63, 3.8) is 0 Å². The third-order valence-electron chi connectivity index (χ3n) is 4.50. The maximum Gasteiger partial charge on any atom is 0.261 e. The maximum absolute atomic E-state index is 12.6. The van der Waals surface area contributed by atoms with Crippen molar-refractivity contribution in [1.29, 1.82) is 0 Å². The third-order valence-corrected chi connectivity index (χ3v) is 6.49. The zero-order chi connectivity index (χ0) is 18.2. The molecule has 1 saturated carbocycles. The number of nitrogens with zero attached hydrogens (tertiary/aromatic N) is 1. The van der Waals surface area contributed by atoms with Crippen molar-refractivity contribution in [3.8, 4) is 5.75 Å². The van der Waals surface area contributed by atoms with Crippen LogP contribution in [0.2, 0.25) is 5.02 Å². The molecule has 0 bridgehead atoms. The van der Waals surface area contributed by atoms with Crippen LogP contribution in [-0.2, 0) is 14.6 Å². The third kappa shape index (κ3) is 4.33. The lowest BCUT2D eigenvalue weighted by molar-refractivity contribution is -0.135. The van der Waals surface area contributed by atoms with E-state index in [1.54, 1.807) is 17.0 Å². The molecule has 25 heavy (non-hydrogen) atoms. The zero-order valence-corrected chi connectivity index (χ0v) is 15.5. The number of amides is 1. The van der Waals surface area contributed by atoms with Crippen LogP contribution in [0.5, 0.6) is 5.75 Å². The number of sulfone groups is 1. The molecule has 2 fully saturated rings. The Bertz CT molecular complexity index is 803. The Morgan fingerprint density at radius 2 is 1.96 bits per heavy atom. The molecule has 1 atom stereocenters. The molecule has 0 spiro atoms. The molecule has 2 aliphatic rings. The average molecular weight is 386 g/mol. The van der Waals surface area contributed by atoms with Crippen molar-refractivity contribution in [2.24, 2.45) is 0 Å². The monoisotopic (exact) mass is 385 g/mol. The van der Waals surface area contributed by atoms with Gasteiger partial charge in [-0.2, -0.15) is 0 Å². The molecule has 1 saturated heterocycles. The maximum atomic E-state index is 12.6. The lowest BCUT2D eigenvalue weighted by Gasteiger charge is -2.28. The van der Waals surface area contributed by atoms with Gasteiger partial charge in [0.15, 0.2) is 22.2 Å². The molecule has 0 unspecified atom stereocenters. The lowest BCUT2D eigenvalue weighted by atomic mass is 10.1. The second-order valence-corrected chi connectivity index (χ2v) is 9.24. The number of carbonyl (C=O) groups excluding carboxylic acids is 2. The fourth-order valence-electron chi connectivity index (χ4n) is 3.17. The van der Waals surface area contributed by atoms with Crippen LogP contribution < -0.4 is 4.74 Å². The van der Waals surface area contributed by atoms with E-state index < -0.39 is 9.84 Å². The number of hydrogen-bond acceptors (Lipinski definition) is 5. The van der Waals surface area contributed by atoms with Gasteiger partial charge < -0.3 is 9.64 Å². The van der Waals surface area contributed by atoms with Crippen LogP contribution in [-0.4, -0.2) is 55.2 Å². The quantitative estimate of drug-likeness (QED) is 0.700. The molecular formula is C17H20ClNO5S. The number of benzene rings is 1. The zero-order valence-electron chi connectivity index (χ0n) is 13.9.